The van der Waals surface area contributed by atoms with Gasteiger partial charge in [0, 0.05) is 0 Å². The Balaban J connectivity index is 2.13. The summed E-state index contributed by atoms with van der Waals surface area (Å²) in [4.78, 5) is 12.2. The van der Waals surface area contributed by atoms with Crippen LogP contribution in [0, 0.1) is 11.8 Å². The molecule has 0 fully saturated rings. The molecule has 0 amide bonds. The quantitative estimate of drug-likeness (QED) is 0.625. The summed E-state index contributed by atoms with van der Waals surface area (Å²) in [5.74, 6) is 0.276. The third-order valence-electron chi connectivity index (χ3n) is 2.99. The van der Waals surface area contributed by atoms with Crippen molar-refractivity contribution in [2.45, 2.75) is 19.8 Å². The van der Waals surface area contributed by atoms with Crippen LogP contribution in [0.3, 0.4) is 0 Å². The van der Waals surface area contributed by atoms with E-state index in [-0.39, 0.29) is 11.8 Å². The molecule has 2 aliphatic rings. The molecule has 2 rings (SSSR count). The molecule has 0 aliphatic heterocycles. The average molecular weight is 200 g/mol. The largest absolute Gasteiger partial charge is 0.298 e. The molecule has 0 N–H and O–H groups in total. The number of hydrogen-bond acceptors (Lipinski definition) is 1. The fourth-order valence-corrected chi connectivity index (χ4v) is 2.06. The molecule has 2 aliphatic carbocycles. The summed E-state index contributed by atoms with van der Waals surface area (Å²) in [6.45, 7) is 2.04. The number of ketones is 1. The summed E-state index contributed by atoms with van der Waals surface area (Å²) in [5.41, 5.74) is 1.19. The lowest BCUT2D eigenvalue weighted by Crippen LogP contribution is -2.22. The van der Waals surface area contributed by atoms with Crippen LogP contribution in [0.15, 0.2) is 48.1 Å². The second-order valence-electron chi connectivity index (χ2n) is 4.11. The molecule has 0 aromatic rings. The van der Waals surface area contributed by atoms with Gasteiger partial charge in [-0.2, -0.15) is 0 Å². The Morgan fingerprint density at radius 1 is 1.13 bits per heavy atom. The Kier molecular flexibility index (Phi) is 3.00. The molecule has 15 heavy (non-hydrogen) atoms. The number of allylic oxidation sites excluding steroid dienone is 8. The summed E-state index contributed by atoms with van der Waals surface area (Å²) in [6.07, 6.45) is 16.3. The van der Waals surface area contributed by atoms with Gasteiger partial charge in [0.15, 0.2) is 5.78 Å². The standard InChI is InChI=1S/C14H16O/c1-11-7-5-6-10-13(11)14(15)12-8-3-2-4-9-12/h3-4,6-10,12-13H,2,5H2,1H3. The number of Topliss-reactive ketones (excluding diaryl/α,β-unsaturated/α-hetero) is 1. The third-order valence-corrected chi connectivity index (χ3v) is 2.99. The molecule has 0 bridgehead atoms. The highest BCUT2D eigenvalue weighted by Crippen LogP contribution is 2.24. The van der Waals surface area contributed by atoms with Gasteiger partial charge in [0.05, 0.1) is 11.8 Å². The first kappa shape index (κ1) is 10.2. The Bertz CT molecular complexity index is 357. The van der Waals surface area contributed by atoms with Gasteiger partial charge in [-0.15, -0.1) is 0 Å². The van der Waals surface area contributed by atoms with Crippen LogP contribution in [0.4, 0.5) is 0 Å². The average Bonchev–Trinajstić information content (AvgIpc) is 2.30. The molecule has 0 radical (unpaired) electrons. The normalized spacial score (nSPS) is 25.4. The van der Waals surface area contributed by atoms with Gasteiger partial charge in [-0.05, 0) is 19.8 Å². The minimum absolute atomic E-state index is 0.00356. The summed E-state index contributed by atoms with van der Waals surface area (Å²) >= 11 is 0. The molecule has 0 aromatic heterocycles. The maximum absolute atomic E-state index is 12.2. The Hall–Kier alpha value is -1.37. The van der Waals surface area contributed by atoms with E-state index in [1.807, 2.05) is 25.2 Å². The molecule has 0 aromatic carbocycles. The zero-order valence-corrected chi connectivity index (χ0v) is 9.02. The minimum Gasteiger partial charge on any atom is -0.298 e. The lowest BCUT2D eigenvalue weighted by molar-refractivity contribution is -0.122. The molecule has 1 heteroatoms. The van der Waals surface area contributed by atoms with Crippen molar-refractivity contribution >= 4 is 5.78 Å². The van der Waals surface area contributed by atoms with Crippen molar-refractivity contribution in [3.8, 4) is 0 Å². The van der Waals surface area contributed by atoms with Gasteiger partial charge in [0.25, 0.3) is 0 Å². The molecule has 0 spiro atoms. The van der Waals surface area contributed by atoms with Gasteiger partial charge < -0.3 is 0 Å². The van der Waals surface area contributed by atoms with E-state index in [1.165, 1.54) is 5.57 Å². The third kappa shape index (κ3) is 2.17. The van der Waals surface area contributed by atoms with E-state index in [0.717, 1.165) is 12.8 Å². The van der Waals surface area contributed by atoms with Crippen LogP contribution in [0.5, 0.6) is 0 Å². The van der Waals surface area contributed by atoms with Crippen molar-refractivity contribution in [2.24, 2.45) is 11.8 Å². The summed E-state index contributed by atoms with van der Waals surface area (Å²) < 4.78 is 0. The van der Waals surface area contributed by atoms with Crippen molar-refractivity contribution in [1.82, 2.24) is 0 Å². The Labute approximate surface area is 90.9 Å². The first-order valence-corrected chi connectivity index (χ1v) is 5.49. The number of carbonyl (C=O) groups excluding carboxylic acids is 1. The van der Waals surface area contributed by atoms with Crippen molar-refractivity contribution in [3.63, 3.8) is 0 Å². The molecule has 0 saturated heterocycles. The number of rotatable bonds is 2. The Morgan fingerprint density at radius 2 is 1.80 bits per heavy atom. The first-order chi connectivity index (χ1) is 7.29. The molecule has 1 nitrogen and oxygen atoms in total. The number of hydrogen-bond donors (Lipinski definition) is 0. The predicted molar refractivity (Wildman–Crippen MR) is 62.4 cm³/mol. The summed E-state index contributed by atoms with van der Waals surface area (Å²) in [6, 6.07) is 0. The summed E-state index contributed by atoms with van der Waals surface area (Å²) in [7, 11) is 0. The topological polar surface area (TPSA) is 17.1 Å². The fourth-order valence-electron chi connectivity index (χ4n) is 2.06. The maximum Gasteiger partial charge on any atom is 0.154 e. The highest BCUT2D eigenvalue weighted by Gasteiger charge is 2.24. The van der Waals surface area contributed by atoms with E-state index in [9.17, 15) is 4.79 Å². The van der Waals surface area contributed by atoms with Crippen LogP contribution >= 0.6 is 0 Å². The van der Waals surface area contributed by atoms with Crippen molar-refractivity contribution in [1.29, 1.82) is 0 Å². The first-order valence-electron chi connectivity index (χ1n) is 5.49. The molecule has 1 atom stereocenters. The van der Waals surface area contributed by atoms with E-state index in [1.54, 1.807) is 0 Å². The van der Waals surface area contributed by atoms with Crippen LogP contribution in [0.25, 0.3) is 0 Å². The van der Waals surface area contributed by atoms with Crippen molar-refractivity contribution < 1.29 is 4.79 Å². The van der Waals surface area contributed by atoms with Gasteiger partial charge in [-0.25, -0.2) is 0 Å². The van der Waals surface area contributed by atoms with Gasteiger partial charge in [-0.3, -0.25) is 4.79 Å². The second kappa shape index (κ2) is 4.43. The second-order valence-corrected chi connectivity index (χ2v) is 4.11. The lowest BCUT2D eigenvalue weighted by Gasteiger charge is -2.19. The van der Waals surface area contributed by atoms with E-state index >= 15 is 0 Å². The number of carbonyl (C=O) groups is 1. The van der Waals surface area contributed by atoms with Gasteiger partial charge in [0.1, 0.15) is 0 Å². The highest BCUT2D eigenvalue weighted by atomic mass is 16.1. The zero-order chi connectivity index (χ0) is 10.7. The molecule has 0 saturated carbocycles. The van der Waals surface area contributed by atoms with Gasteiger partial charge in [0.2, 0.25) is 0 Å². The molecular weight excluding hydrogens is 184 g/mol. The van der Waals surface area contributed by atoms with Crippen LogP contribution in [-0.2, 0) is 4.79 Å². The SMILES string of the molecule is CC1=CCC=CC1C(=O)C1C=CCC=C1. The highest BCUT2D eigenvalue weighted by molar-refractivity contribution is 5.90. The smallest absolute Gasteiger partial charge is 0.154 e. The van der Waals surface area contributed by atoms with Crippen molar-refractivity contribution in [3.05, 3.63) is 48.1 Å². The fraction of sp³-hybridized carbons (Fsp3) is 0.357. The van der Waals surface area contributed by atoms with Crippen LogP contribution in [0.1, 0.15) is 19.8 Å². The Morgan fingerprint density at radius 3 is 2.47 bits per heavy atom. The van der Waals surface area contributed by atoms with E-state index in [0.29, 0.717) is 5.78 Å². The monoisotopic (exact) mass is 200 g/mol. The minimum atomic E-state index is -0.0187. The maximum atomic E-state index is 12.2. The van der Waals surface area contributed by atoms with Crippen LogP contribution in [-0.4, -0.2) is 5.78 Å². The van der Waals surface area contributed by atoms with E-state index in [2.05, 4.69) is 24.3 Å². The molecule has 1 unspecified atom stereocenters. The summed E-state index contributed by atoms with van der Waals surface area (Å²) in [5, 5.41) is 0. The molecule has 0 heterocycles. The van der Waals surface area contributed by atoms with Crippen LogP contribution < -0.4 is 0 Å². The molecule has 78 valence electrons. The van der Waals surface area contributed by atoms with Crippen LogP contribution in [0.2, 0.25) is 0 Å². The van der Waals surface area contributed by atoms with Crippen molar-refractivity contribution in [2.75, 3.05) is 0 Å². The lowest BCUT2D eigenvalue weighted by atomic mass is 9.83. The predicted octanol–water partition coefficient (Wildman–Crippen LogP) is 3.21. The zero-order valence-electron chi connectivity index (χ0n) is 9.02. The van der Waals surface area contributed by atoms with E-state index < -0.39 is 0 Å². The molecular formula is C14H16O. The van der Waals surface area contributed by atoms with Gasteiger partial charge in [-0.1, -0.05) is 48.1 Å². The van der Waals surface area contributed by atoms with Gasteiger partial charge >= 0.3 is 0 Å². The van der Waals surface area contributed by atoms with E-state index in [4.69, 9.17) is 0 Å².